The predicted molar refractivity (Wildman–Crippen MR) is 245 cm³/mol. The van der Waals surface area contributed by atoms with Gasteiger partial charge in [0.25, 0.3) is 11.7 Å². The van der Waals surface area contributed by atoms with E-state index in [0.717, 1.165) is 12.0 Å². The smallest absolute Gasteiger partial charge is 0.329 e. The number of fused-ring (bicyclic) bond motifs is 3. The fourth-order valence-electron chi connectivity index (χ4n) is 10.1. The number of rotatable bonds is 6. The Labute approximate surface area is 387 Å². The number of methoxy groups -OCH3 is 3. The molecule has 15 atom stereocenters. The van der Waals surface area contributed by atoms with E-state index < -0.39 is 83.9 Å². The molecule has 1 aliphatic carbocycles. The minimum absolute atomic E-state index is 0.0193. The molecule has 2 bridgehead atoms. The van der Waals surface area contributed by atoms with Gasteiger partial charge in [0.05, 0.1) is 24.4 Å². The lowest BCUT2D eigenvalue weighted by atomic mass is 9.85. The van der Waals surface area contributed by atoms with E-state index in [1.807, 2.05) is 58.1 Å². The lowest BCUT2D eigenvalue weighted by molar-refractivity contribution is -0.265. The van der Waals surface area contributed by atoms with Crippen LogP contribution in [0.4, 0.5) is 0 Å². The number of hydrogen-bond donors (Lipinski definition) is 3. The largest absolute Gasteiger partial charge is 0.460 e. The Bertz CT molecular complexity index is 1760. The van der Waals surface area contributed by atoms with Crippen LogP contribution in [0.3, 0.4) is 0 Å². The van der Waals surface area contributed by atoms with Crippen molar-refractivity contribution in [2.24, 2.45) is 35.5 Å². The standard InChI is InChI=1S/C51H79NO13/c1-30-16-12-11-13-17-31(2)42(61-8)28-38-21-19-36(7)51(60,65-38)48(57)49(58)52-23-15-14-18-39(52)50(59)64-43(33(4)26-37-20-22-40(53)44(27-37)62-9)29-41(54)32(3)25-35(6)46(56)47(63-10)45(55)34(5)24-30/h11-13,16-17,25,30,32-34,36-40,42-44,46-47,53,56,60H,14-15,18-24,26-29H2,1-10H3/b13-11+,16-12-,31-17+,35-25+/t30-,32-,33-,34-,36-,37?,38+,39?,40-,42+,43+,44-,46-,47+,51-/m1/s1/i26+2,37+2,39+2,50+2. The molecule has 3 N–H and O–H groups in total. The predicted octanol–water partition coefficient (Wildman–Crippen LogP) is 6.18. The molecular formula is C51H79NO13. The Morgan fingerprint density at radius 2 is 1.65 bits per heavy atom. The van der Waals surface area contributed by atoms with E-state index in [0.29, 0.717) is 63.4 Å². The maximum Gasteiger partial charge on any atom is 0.329 e. The van der Waals surface area contributed by atoms with E-state index in [2.05, 4.69) is 0 Å². The third-order valence-electron chi connectivity index (χ3n) is 14.5. The zero-order valence-corrected chi connectivity index (χ0v) is 40.6. The van der Waals surface area contributed by atoms with Crippen LogP contribution in [0.15, 0.2) is 47.6 Å². The van der Waals surface area contributed by atoms with E-state index >= 15 is 0 Å². The van der Waals surface area contributed by atoms with Gasteiger partial charge in [-0.2, -0.15) is 0 Å². The molecule has 0 aromatic rings. The summed E-state index contributed by atoms with van der Waals surface area (Å²) in [5.74, 6) is -7.96. The Morgan fingerprint density at radius 3 is 2.32 bits per heavy atom. The maximum absolute atomic E-state index is 14.4. The summed E-state index contributed by atoms with van der Waals surface area (Å²) < 4.78 is 29.4. The van der Waals surface area contributed by atoms with E-state index in [4.69, 9.17) is 23.7 Å². The molecule has 1 amide bonds. The van der Waals surface area contributed by atoms with Crippen LogP contribution in [-0.4, -0.2) is 132 Å². The third-order valence-corrected chi connectivity index (χ3v) is 14.5. The van der Waals surface area contributed by atoms with Gasteiger partial charge >= 0.3 is 5.97 Å². The highest BCUT2D eigenvalue weighted by atomic mass is 16.8. The third kappa shape index (κ3) is 14.3. The van der Waals surface area contributed by atoms with Gasteiger partial charge < -0.3 is 43.9 Å². The summed E-state index contributed by atoms with van der Waals surface area (Å²) in [6.45, 7) is 12.7. The van der Waals surface area contributed by atoms with Gasteiger partial charge in [0.1, 0.15) is 30.1 Å². The maximum atomic E-state index is 14.4. The van der Waals surface area contributed by atoms with Gasteiger partial charge in [0.15, 0.2) is 5.78 Å². The van der Waals surface area contributed by atoms with Crippen molar-refractivity contribution in [1.29, 1.82) is 0 Å². The Hall–Kier alpha value is -3.37. The Morgan fingerprint density at radius 1 is 0.923 bits per heavy atom. The van der Waals surface area contributed by atoms with Crippen molar-refractivity contribution in [3.63, 3.8) is 0 Å². The molecule has 14 nitrogen and oxygen atoms in total. The van der Waals surface area contributed by atoms with Gasteiger partial charge in [-0.15, -0.1) is 0 Å². The number of ketones is 3. The number of piperidine rings is 1. The van der Waals surface area contributed by atoms with Crippen molar-refractivity contribution >= 4 is 29.2 Å². The molecule has 2 unspecified atom stereocenters. The number of ether oxygens (including phenoxy) is 5. The number of esters is 1. The summed E-state index contributed by atoms with van der Waals surface area (Å²) in [5, 5.41) is 33.8. The number of carbonyl (C=O) groups is 5. The van der Waals surface area contributed by atoms with Crippen LogP contribution in [0.5, 0.6) is 0 Å². The second-order valence-electron chi connectivity index (χ2n) is 19.6. The number of carbonyl (C=O) groups excluding carboxylic acids is 5. The number of amides is 1. The summed E-state index contributed by atoms with van der Waals surface area (Å²) >= 11 is 0. The zero-order chi connectivity index (χ0) is 48.2. The first-order valence-corrected chi connectivity index (χ1v) is 23.9. The summed E-state index contributed by atoms with van der Waals surface area (Å²) in [4.78, 5) is 71.8. The lowest BCUT2D eigenvalue weighted by Gasteiger charge is -2.42. The molecule has 3 fully saturated rings. The highest BCUT2D eigenvalue weighted by molar-refractivity contribution is 6.39. The molecule has 4 aliphatic rings. The fraction of sp³-hybridized carbons (Fsp3) is 0.745. The quantitative estimate of drug-likeness (QED) is 0.155. The number of cyclic esters (lactones) is 1. The molecule has 0 aromatic heterocycles. The van der Waals surface area contributed by atoms with E-state index in [9.17, 15) is 39.3 Å². The van der Waals surface area contributed by atoms with Gasteiger partial charge in [-0.25, -0.2) is 4.79 Å². The van der Waals surface area contributed by atoms with E-state index in [1.54, 1.807) is 41.1 Å². The number of nitrogens with zero attached hydrogens (tertiary/aromatic N) is 1. The van der Waals surface area contributed by atoms with Crippen LogP contribution in [0.25, 0.3) is 0 Å². The number of allylic oxidation sites excluding steroid dienone is 6. The van der Waals surface area contributed by atoms with Gasteiger partial charge in [-0.3, -0.25) is 19.2 Å². The summed E-state index contributed by atoms with van der Waals surface area (Å²) in [5.41, 5.74) is 1.27. The normalized spacial score (nSPS) is 40.4. The van der Waals surface area contributed by atoms with Crippen molar-refractivity contribution in [2.45, 2.75) is 180 Å². The molecule has 366 valence electrons. The first-order chi connectivity index (χ1) is 30.7. The summed E-state index contributed by atoms with van der Waals surface area (Å²) in [7, 11) is 4.52. The van der Waals surface area contributed by atoms with Crippen LogP contribution in [-0.2, 0) is 47.7 Å². The first-order valence-electron chi connectivity index (χ1n) is 23.9. The van der Waals surface area contributed by atoms with E-state index in [1.165, 1.54) is 12.0 Å². The van der Waals surface area contributed by atoms with Crippen molar-refractivity contribution in [3.05, 3.63) is 47.6 Å². The molecule has 2 saturated heterocycles. The van der Waals surface area contributed by atoms with Crippen LogP contribution in [0.1, 0.15) is 126 Å². The number of hydrogen-bond acceptors (Lipinski definition) is 13. The Balaban J connectivity index is 1.70. The van der Waals surface area contributed by atoms with Crippen LogP contribution < -0.4 is 0 Å². The summed E-state index contributed by atoms with van der Waals surface area (Å²) in [6.07, 6.45) is 11.2. The minimum Gasteiger partial charge on any atom is -0.460 e. The molecule has 65 heavy (non-hydrogen) atoms. The second kappa shape index (κ2) is 25.1. The van der Waals surface area contributed by atoms with Crippen LogP contribution >= 0.6 is 0 Å². The van der Waals surface area contributed by atoms with Crippen LogP contribution in [0, 0.1) is 35.5 Å². The van der Waals surface area contributed by atoms with Crippen molar-refractivity contribution in [3.8, 4) is 0 Å². The number of aliphatic hydroxyl groups excluding tert-OH is 2. The highest BCUT2D eigenvalue weighted by Gasteiger charge is 2.53. The molecule has 3 heterocycles. The molecule has 0 radical (unpaired) electrons. The minimum atomic E-state index is -2.43. The van der Waals surface area contributed by atoms with Gasteiger partial charge in [0, 0.05) is 58.5 Å². The molecule has 1 saturated carbocycles. The molecule has 14 heteroatoms. The SMILES string of the molecule is CO[C@H]1C[C@@H]2CC[C@@H](C)[C@@](O)(O2)C(=O)C(=O)N2CCCC[14CH]2[14C](=O)O[C@H]([C@H](C)[14CH2][14CH]2CC[C@@H](O)[C@H](OC)C2)CC(=O)[C@H](C)/C=C(\C)[C@@H](O)[C@@H](OC)C(=O)[C@H](C)C[C@H](C)\C=C/C=C/C=C/1C. The van der Waals surface area contributed by atoms with Gasteiger partial charge in [0.2, 0.25) is 5.79 Å². The monoisotopic (exact) mass is 922 g/mol. The second-order valence-corrected chi connectivity index (χ2v) is 19.6. The topological polar surface area (TPSA) is 195 Å². The first kappa shape index (κ1) is 54.2. The molecule has 0 spiro atoms. The van der Waals surface area contributed by atoms with Gasteiger partial charge in [-0.1, -0.05) is 71.1 Å². The molecular weight excluding hydrogens is 843 g/mol. The van der Waals surface area contributed by atoms with Crippen LogP contribution in [0.2, 0.25) is 0 Å². The van der Waals surface area contributed by atoms with E-state index in [-0.39, 0.29) is 54.8 Å². The van der Waals surface area contributed by atoms with Crippen molar-refractivity contribution < 1.29 is 63.0 Å². The van der Waals surface area contributed by atoms with Crippen molar-refractivity contribution in [2.75, 3.05) is 27.9 Å². The molecule has 3 aliphatic heterocycles. The lowest BCUT2D eigenvalue weighted by Crippen LogP contribution is -2.61. The van der Waals surface area contributed by atoms with Crippen molar-refractivity contribution in [1.82, 2.24) is 4.90 Å². The summed E-state index contributed by atoms with van der Waals surface area (Å²) in [6, 6.07) is -1.14. The average molecular weight is 922 g/mol. The number of aliphatic hydroxyl groups is 3. The highest BCUT2D eigenvalue weighted by Crippen LogP contribution is 2.38. The van der Waals surface area contributed by atoms with Gasteiger partial charge in [-0.05, 0) is 107 Å². The Kier molecular flexibility index (Phi) is 21.0. The fourth-order valence-corrected chi connectivity index (χ4v) is 10.1. The molecule has 0 aromatic carbocycles. The molecule has 4 rings (SSSR count). The average Bonchev–Trinajstić information content (AvgIpc) is 3.28. The zero-order valence-electron chi connectivity index (χ0n) is 40.6. The number of Topliss-reactive ketones (excluding diaryl/α,β-unsaturated/α-hetero) is 3.